The van der Waals surface area contributed by atoms with Crippen LogP contribution in [0.2, 0.25) is 0 Å². The van der Waals surface area contributed by atoms with Crippen molar-refractivity contribution in [3.8, 4) is 5.75 Å². The molecule has 2 N–H and O–H groups in total. The fourth-order valence-electron chi connectivity index (χ4n) is 2.82. The Hall–Kier alpha value is -1.51. The van der Waals surface area contributed by atoms with E-state index in [9.17, 15) is 4.79 Å². The van der Waals surface area contributed by atoms with E-state index in [1.54, 1.807) is 7.05 Å². The molecule has 0 saturated carbocycles. The summed E-state index contributed by atoms with van der Waals surface area (Å²) < 4.78 is 10.8. The maximum atomic E-state index is 11.5. The van der Waals surface area contributed by atoms with E-state index in [1.807, 2.05) is 25.1 Å². The second-order valence-electron chi connectivity index (χ2n) is 6.68. The number of esters is 1. The molecule has 2 atom stereocenters. The van der Waals surface area contributed by atoms with Gasteiger partial charge in [0.05, 0.1) is 19.1 Å². The summed E-state index contributed by atoms with van der Waals surface area (Å²) in [6, 6.07) is 8.12. The highest BCUT2D eigenvalue weighted by molar-refractivity contribution is 14.0. The Bertz CT molecular complexity index is 619. The summed E-state index contributed by atoms with van der Waals surface area (Å²) in [5.41, 5.74) is 0.852. The lowest BCUT2D eigenvalue weighted by molar-refractivity contribution is -0.144. The van der Waals surface area contributed by atoms with Crippen molar-refractivity contribution in [3.63, 3.8) is 0 Å². The number of carbonyl (C=O) groups is 1. The van der Waals surface area contributed by atoms with Gasteiger partial charge in [-0.25, -0.2) is 0 Å². The van der Waals surface area contributed by atoms with Gasteiger partial charge < -0.3 is 20.1 Å². The van der Waals surface area contributed by atoms with Crippen LogP contribution >= 0.6 is 24.0 Å². The van der Waals surface area contributed by atoms with E-state index < -0.39 is 0 Å². The standard InChI is InChI=1S/C18H27N3O3.HI/c1-12(16(22)23-5)11-20-17(19-4)21-14-10-18(2,3)24-15-9-7-6-8-13(14)15;/h6-9,12,14H,10-11H2,1-5H3,(H2,19,20,21);1H. The van der Waals surface area contributed by atoms with Crippen LogP contribution in [0.1, 0.15) is 38.8 Å². The maximum Gasteiger partial charge on any atom is 0.310 e. The number of hydrogen-bond acceptors (Lipinski definition) is 4. The van der Waals surface area contributed by atoms with Crippen LogP contribution in [0.4, 0.5) is 0 Å². The van der Waals surface area contributed by atoms with Gasteiger partial charge in [-0.15, -0.1) is 24.0 Å². The summed E-state index contributed by atoms with van der Waals surface area (Å²) in [4.78, 5) is 15.8. The van der Waals surface area contributed by atoms with Crippen LogP contribution < -0.4 is 15.4 Å². The van der Waals surface area contributed by atoms with Crippen LogP contribution in [0.25, 0.3) is 0 Å². The number of nitrogens with zero attached hydrogens (tertiary/aromatic N) is 1. The molecule has 1 aromatic carbocycles. The van der Waals surface area contributed by atoms with E-state index in [0.717, 1.165) is 17.7 Å². The van der Waals surface area contributed by atoms with E-state index in [-0.39, 0.29) is 47.5 Å². The fraction of sp³-hybridized carbons (Fsp3) is 0.556. The van der Waals surface area contributed by atoms with Gasteiger partial charge in [0.1, 0.15) is 11.4 Å². The average molecular weight is 461 g/mol. The van der Waals surface area contributed by atoms with E-state index in [0.29, 0.717) is 12.5 Å². The topological polar surface area (TPSA) is 72.0 Å². The molecule has 0 spiro atoms. The van der Waals surface area contributed by atoms with Gasteiger partial charge in [0.15, 0.2) is 5.96 Å². The summed E-state index contributed by atoms with van der Waals surface area (Å²) in [6.07, 6.45) is 0.817. The van der Waals surface area contributed by atoms with Gasteiger partial charge in [-0.05, 0) is 19.9 Å². The minimum atomic E-state index is -0.260. The van der Waals surface area contributed by atoms with Gasteiger partial charge in [0, 0.05) is 25.6 Å². The zero-order chi connectivity index (χ0) is 17.7. The molecule has 0 amide bonds. The smallest absolute Gasteiger partial charge is 0.310 e. The summed E-state index contributed by atoms with van der Waals surface area (Å²) in [6.45, 7) is 6.43. The first kappa shape index (κ1) is 21.5. The minimum Gasteiger partial charge on any atom is -0.487 e. The molecule has 0 fully saturated rings. The normalized spacial score (nSPS) is 19.6. The number of methoxy groups -OCH3 is 1. The van der Waals surface area contributed by atoms with E-state index >= 15 is 0 Å². The van der Waals surface area contributed by atoms with Crippen LogP contribution in [0.3, 0.4) is 0 Å². The average Bonchev–Trinajstić information content (AvgIpc) is 2.56. The summed E-state index contributed by atoms with van der Waals surface area (Å²) in [7, 11) is 3.11. The lowest BCUT2D eigenvalue weighted by Gasteiger charge is -2.38. The second kappa shape index (κ2) is 9.26. The number of benzene rings is 1. The lowest BCUT2D eigenvalue weighted by Crippen LogP contribution is -2.46. The molecule has 1 aromatic rings. The zero-order valence-corrected chi connectivity index (χ0v) is 17.8. The predicted molar refractivity (Wildman–Crippen MR) is 110 cm³/mol. The summed E-state index contributed by atoms with van der Waals surface area (Å²) in [5, 5.41) is 6.62. The first-order valence-electron chi connectivity index (χ1n) is 8.19. The molecule has 2 rings (SSSR count). The molecule has 25 heavy (non-hydrogen) atoms. The highest BCUT2D eigenvalue weighted by Gasteiger charge is 2.34. The van der Waals surface area contributed by atoms with Crippen LogP contribution in [0.15, 0.2) is 29.3 Å². The number of halogens is 1. The minimum absolute atomic E-state index is 0. The molecular formula is C18H28IN3O3. The van der Waals surface area contributed by atoms with E-state index in [4.69, 9.17) is 9.47 Å². The highest BCUT2D eigenvalue weighted by atomic mass is 127. The van der Waals surface area contributed by atoms with Crippen molar-refractivity contribution in [3.05, 3.63) is 29.8 Å². The first-order chi connectivity index (χ1) is 11.4. The molecule has 1 aliphatic rings. The van der Waals surface area contributed by atoms with Crippen molar-refractivity contribution in [2.24, 2.45) is 10.9 Å². The molecule has 1 heterocycles. The molecule has 1 aliphatic heterocycles. The third kappa shape index (κ3) is 5.76. The van der Waals surface area contributed by atoms with Gasteiger partial charge in [0.25, 0.3) is 0 Å². The Kier molecular flexibility index (Phi) is 7.98. The second-order valence-corrected chi connectivity index (χ2v) is 6.68. The number of guanidine groups is 1. The number of fused-ring (bicyclic) bond motifs is 1. The Labute approximate surface area is 166 Å². The molecule has 6 nitrogen and oxygen atoms in total. The van der Waals surface area contributed by atoms with E-state index in [2.05, 4.69) is 35.5 Å². The van der Waals surface area contributed by atoms with Crippen molar-refractivity contribution in [2.45, 2.75) is 38.8 Å². The van der Waals surface area contributed by atoms with E-state index in [1.165, 1.54) is 7.11 Å². The van der Waals surface area contributed by atoms with Crippen molar-refractivity contribution < 1.29 is 14.3 Å². The molecule has 140 valence electrons. The number of carbonyl (C=O) groups excluding carboxylic acids is 1. The quantitative estimate of drug-likeness (QED) is 0.312. The fourth-order valence-corrected chi connectivity index (χ4v) is 2.82. The number of ether oxygens (including phenoxy) is 2. The summed E-state index contributed by atoms with van der Waals surface area (Å²) >= 11 is 0. The molecule has 7 heteroatoms. The van der Waals surface area contributed by atoms with Crippen molar-refractivity contribution in [2.75, 3.05) is 20.7 Å². The van der Waals surface area contributed by atoms with Crippen LogP contribution in [0.5, 0.6) is 5.75 Å². The molecule has 0 aliphatic carbocycles. The van der Waals surface area contributed by atoms with Gasteiger partial charge >= 0.3 is 5.97 Å². The Morgan fingerprint density at radius 2 is 2.12 bits per heavy atom. The van der Waals surface area contributed by atoms with Gasteiger partial charge in [-0.2, -0.15) is 0 Å². The van der Waals surface area contributed by atoms with Gasteiger partial charge in [-0.1, -0.05) is 25.1 Å². The predicted octanol–water partition coefficient (Wildman–Crippen LogP) is 2.88. The monoisotopic (exact) mass is 461 g/mol. The molecule has 0 saturated heterocycles. The Balaban J connectivity index is 0.00000312. The zero-order valence-electron chi connectivity index (χ0n) is 15.5. The highest BCUT2D eigenvalue weighted by Crippen LogP contribution is 2.39. The molecule has 0 bridgehead atoms. The number of rotatable bonds is 4. The number of aliphatic imine (C=N–C) groups is 1. The van der Waals surface area contributed by atoms with Gasteiger partial charge in [0.2, 0.25) is 0 Å². The van der Waals surface area contributed by atoms with Crippen molar-refractivity contribution >= 4 is 35.9 Å². The van der Waals surface area contributed by atoms with Crippen LogP contribution in [-0.4, -0.2) is 38.2 Å². The van der Waals surface area contributed by atoms with Crippen LogP contribution in [0, 0.1) is 5.92 Å². The number of nitrogens with one attached hydrogen (secondary N) is 2. The Morgan fingerprint density at radius 1 is 1.44 bits per heavy atom. The third-order valence-corrected chi connectivity index (χ3v) is 4.09. The van der Waals surface area contributed by atoms with Crippen molar-refractivity contribution in [1.29, 1.82) is 0 Å². The molecule has 2 unspecified atom stereocenters. The maximum absolute atomic E-state index is 11.5. The number of para-hydroxylation sites is 1. The molecule has 0 aromatic heterocycles. The largest absolute Gasteiger partial charge is 0.487 e. The molecular weight excluding hydrogens is 433 g/mol. The SMILES string of the molecule is CN=C(NCC(C)C(=O)OC)NC1CC(C)(C)Oc2ccccc21.I. The lowest BCUT2D eigenvalue weighted by atomic mass is 9.90. The first-order valence-corrected chi connectivity index (χ1v) is 8.19. The van der Waals surface area contributed by atoms with Crippen molar-refractivity contribution in [1.82, 2.24) is 10.6 Å². The van der Waals surface area contributed by atoms with Gasteiger partial charge in [-0.3, -0.25) is 9.79 Å². The summed E-state index contributed by atoms with van der Waals surface area (Å²) in [5.74, 6) is 1.07. The third-order valence-electron chi connectivity index (χ3n) is 4.09. The number of hydrogen-bond donors (Lipinski definition) is 2. The Morgan fingerprint density at radius 3 is 2.76 bits per heavy atom. The van der Waals surface area contributed by atoms with Crippen LogP contribution in [-0.2, 0) is 9.53 Å². The molecule has 0 radical (unpaired) electrons.